The Balaban J connectivity index is 1.41. The summed E-state index contributed by atoms with van der Waals surface area (Å²) in [5.41, 5.74) is 2.23. The number of pyridine rings is 1. The van der Waals surface area contributed by atoms with Crippen LogP contribution in [0, 0.1) is 11.7 Å². The molecule has 2 N–H and O–H groups in total. The summed E-state index contributed by atoms with van der Waals surface area (Å²) in [5, 5.41) is -0.621. The van der Waals surface area contributed by atoms with Crippen molar-refractivity contribution in [3.05, 3.63) is 28.5 Å². The van der Waals surface area contributed by atoms with E-state index < -0.39 is 45.5 Å². The van der Waals surface area contributed by atoms with Crippen molar-refractivity contribution >= 4 is 34.0 Å². The van der Waals surface area contributed by atoms with Crippen LogP contribution in [0.2, 0.25) is 5.02 Å². The molecule has 4 aliphatic rings. The number of rotatable bonds is 4. The van der Waals surface area contributed by atoms with Crippen LogP contribution in [0.3, 0.4) is 0 Å². The maximum atomic E-state index is 16.5. The fraction of sp³-hybridized carbons (Fsp3) is 0.536. The molecule has 0 spiro atoms. The monoisotopic (exact) mass is 626 g/mol. The molecule has 3 saturated heterocycles. The highest BCUT2D eigenvalue weighted by molar-refractivity contribution is 6.32. The van der Waals surface area contributed by atoms with E-state index in [-0.39, 0.29) is 59.5 Å². The number of halogens is 6. The van der Waals surface area contributed by atoms with E-state index in [2.05, 4.69) is 19.9 Å². The van der Waals surface area contributed by atoms with Crippen molar-refractivity contribution in [3.8, 4) is 23.1 Å². The molecule has 4 aliphatic heterocycles. The van der Waals surface area contributed by atoms with Gasteiger partial charge in [-0.3, -0.25) is 4.90 Å². The van der Waals surface area contributed by atoms with Gasteiger partial charge in [-0.2, -0.15) is 23.1 Å². The van der Waals surface area contributed by atoms with E-state index in [4.69, 9.17) is 31.5 Å². The van der Waals surface area contributed by atoms with E-state index in [0.717, 1.165) is 31.5 Å². The lowest BCUT2D eigenvalue weighted by Gasteiger charge is -2.33. The van der Waals surface area contributed by atoms with Crippen molar-refractivity contribution in [1.82, 2.24) is 19.9 Å². The number of hydrogen-bond donors (Lipinski definition) is 1. The van der Waals surface area contributed by atoms with Gasteiger partial charge in [-0.25, -0.2) is 13.8 Å². The third-order valence-electron chi connectivity index (χ3n) is 9.02. The molecule has 0 amide bonds. The van der Waals surface area contributed by atoms with Gasteiger partial charge in [-0.15, -0.1) is 0 Å². The molecular weight excluding hydrogens is 599 g/mol. The third-order valence-corrected chi connectivity index (χ3v) is 9.32. The van der Waals surface area contributed by atoms with E-state index in [0.29, 0.717) is 26.2 Å². The largest absolute Gasteiger partial charge is 0.477 e. The van der Waals surface area contributed by atoms with Crippen LogP contribution < -0.4 is 20.1 Å². The normalized spacial score (nSPS) is 27.1. The number of ether oxygens (including phenoxy) is 3. The zero-order valence-corrected chi connectivity index (χ0v) is 23.8. The maximum absolute atomic E-state index is 16.5. The minimum atomic E-state index is -4.95. The van der Waals surface area contributed by atoms with E-state index in [1.165, 1.54) is 0 Å². The number of anilines is 2. The first kappa shape index (κ1) is 28.5. The van der Waals surface area contributed by atoms with Crippen LogP contribution >= 0.6 is 11.6 Å². The second-order valence-corrected chi connectivity index (χ2v) is 12.1. The maximum Gasteiger partial charge on any atom is 0.418 e. The highest BCUT2D eigenvalue weighted by Gasteiger charge is 2.49. The van der Waals surface area contributed by atoms with Crippen LogP contribution in [0.4, 0.5) is 33.5 Å². The number of nitrogen functional groups attached to an aromatic ring is 1. The predicted molar refractivity (Wildman–Crippen MR) is 148 cm³/mol. The van der Waals surface area contributed by atoms with Gasteiger partial charge in [0.15, 0.2) is 5.82 Å². The lowest BCUT2D eigenvalue weighted by atomic mass is 9.95. The summed E-state index contributed by atoms with van der Waals surface area (Å²) in [6, 6.07) is 1.53. The number of hydrogen-bond acceptors (Lipinski definition) is 9. The van der Waals surface area contributed by atoms with Gasteiger partial charge in [0, 0.05) is 37.2 Å². The van der Waals surface area contributed by atoms with Gasteiger partial charge >= 0.3 is 12.2 Å². The van der Waals surface area contributed by atoms with Crippen molar-refractivity contribution < 1.29 is 36.2 Å². The van der Waals surface area contributed by atoms with Gasteiger partial charge in [-0.1, -0.05) is 11.6 Å². The highest BCUT2D eigenvalue weighted by Crippen LogP contribution is 2.47. The number of alkyl halides is 4. The Kier molecular flexibility index (Phi) is 6.74. The Morgan fingerprint density at radius 1 is 1.19 bits per heavy atom. The molecule has 7 rings (SSSR count). The molecule has 0 unspecified atom stereocenters. The van der Waals surface area contributed by atoms with E-state index in [9.17, 15) is 17.6 Å². The summed E-state index contributed by atoms with van der Waals surface area (Å²) in [7, 11) is 1.76. The minimum absolute atomic E-state index is 0.0726. The Morgan fingerprint density at radius 2 is 2.00 bits per heavy atom. The van der Waals surface area contributed by atoms with Crippen LogP contribution in [0.25, 0.3) is 22.2 Å². The van der Waals surface area contributed by atoms with Crippen molar-refractivity contribution in [1.29, 1.82) is 0 Å². The summed E-state index contributed by atoms with van der Waals surface area (Å²) in [6.45, 7) is 1.99. The summed E-state index contributed by atoms with van der Waals surface area (Å²) in [5.74, 6) is -1.19. The first-order valence-corrected chi connectivity index (χ1v) is 14.4. The van der Waals surface area contributed by atoms with Gasteiger partial charge in [0.25, 0.3) is 0 Å². The van der Waals surface area contributed by atoms with E-state index in [1.807, 2.05) is 4.90 Å². The average molecular weight is 627 g/mol. The highest BCUT2D eigenvalue weighted by atomic mass is 35.5. The number of nitrogens with zero attached hydrogens (tertiary/aromatic N) is 5. The van der Waals surface area contributed by atoms with E-state index in [1.54, 1.807) is 7.05 Å². The van der Waals surface area contributed by atoms with Crippen LogP contribution in [0.1, 0.15) is 24.8 Å². The Labute approximate surface area is 248 Å². The first-order chi connectivity index (χ1) is 20.4. The fourth-order valence-corrected chi connectivity index (χ4v) is 7.31. The van der Waals surface area contributed by atoms with Gasteiger partial charge in [0.2, 0.25) is 5.88 Å². The van der Waals surface area contributed by atoms with E-state index >= 15 is 4.39 Å². The zero-order valence-electron chi connectivity index (χ0n) is 23.1. The number of fused-ring (bicyclic) bond motifs is 2. The smallest absolute Gasteiger partial charge is 0.418 e. The standard InChI is InChI=1S/C28H28ClF5N6O3/c1-39-18-11-41-9-13(18)10-42-25-19-23(21(31)22(36-25)16-5-15(35)6-17(29)20(16)28(32,33)34)37-26(38-24(19)39)43-12-27-3-2-4-40(27)8-14(30)7-27/h5-6,13-14,18H,2-4,7-12,35H2,1H3/t13-,14+,18+,27-/m0/s1. The molecule has 6 heterocycles. The number of nitrogens with two attached hydrogens (primary N) is 1. The molecule has 4 atom stereocenters. The molecule has 0 bridgehead atoms. The molecule has 0 aliphatic carbocycles. The summed E-state index contributed by atoms with van der Waals surface area (Å²) in [4.78, 5) is 17.1. The predicted octanol–water partition coefficient (Wildman–Crippen LogP) is 4.88. The minimum Gasteiger partial charge on any atom is -0.477 e. The quantitative estimate of drug-likeness (QED) is 0.321. The van der Waals surface area contributed by atoms with Gasteiger partial charge in [0.05, 0.1) is 42.0 Å². The van der Waals surface area contributed by atoms with Crippen LogP contribution in [0.5, 0.6) is 11.9 Å². The molecule has 230 valence electrons. The van der Waals surface area contributed by atoms with Crippen molar-refractivity contribution in [2.75, 3.05) is 57.2 Å². The summed E-state index contributed by atoms with van der Waals surface area (Å²) >= 11 is 5.98. The summed E-state index contributed by atoms with van der Waals surface area (Å²) in [6.07, 6.45) is -4.02. The molecule has 3 fully saturated rings. The van der Waals surface area contributed by atoms with Crippen molar-refractivity contribution in [3.63, 3.8) is 0 Å². The van der Waals surface area contributed by atoms with Crippen LogP contribution in [0.15, 0.2) is 12.1 Å². The average Bonchev–Trinajstić information content (AvgIpc) is 3.63. The number of benzene rings is 1. The first-order valence-electron chi connectivity index (χ1n) is 14.0. The molecule has 0 saturated carbocycles. The fourth-order valence-electron chi connectivity index (χ4n) is 6.97. The third kappa shape index (κ3) is 4.69. The second kappa shape index (κ2) is 10.2. The number of likely N-dealkylation sites (N-methyl/N-ethyl adjacent to an activating group) is 1. The summed E-state index contributed by atoms with van der Waals surface area (Å²) < 4.78 is 91.2. The van der Waals surface area contributed by atoms with Crippen molar-refractivity contribution in [2.45, 2.75) is 43.2 Å². The molecule has 2 aromatic heterocycles. The molecule has 15 heteroatoms. The molecule has 9 nitrogen and oxygen atoms in total. The Bertz CT molecular complexity index is 1610. The Hall–Kier alpha value is -3.23. The topological polar surface area (TPSA) is 98.9 Å². The SMILES string of the molecule is CN1c2nc(OC[C@@]34CCCN3C[C@H](F)C4)nc3c(F)c(-c4cc(N)cc(Cl)c4C(F)(F)F)nc(c23)OC[C@@H]2COC[C@H]21. The molecular formula is C28H28ClF5N6O3. The van der Waals surface area contributed by atoms with Crippen molar-refractivity contribution in [2.24, 2.45) is 5.92 Å². The molecule has 43 heavy (non-hydrogen) atoms. The Morgan fingerprint density at radius 3 is 2.79 bits per heavy atom. The number of aromatic nitrogens is 3. The molecule has 1 aromatic carbocycles. The molecule has 0 radical (unpaired) electrons. The lowest BCUT2D eigenvalue weighted by molar-refractivity contribution is -0.137. The van der Waals surface area contributed by atoms with Gasteiger partial charge in [0.1, 0.15) is 35.2 Å². The second-order valence-electron chi connectivity index (χ2n) is 11.7. The molecule has 3 aromatic rings. The zero-order chi connectivity index (χ0) is 30.3. The van der Waals surface area contributed by atoms with Gasteiger partial charge < -0.3 is 24.8 Å². The van der Waals surface area contributed by atoms with Gasteiger partial charge in [-0.05, 0) is 31.5 Å². The van der Waals surface area contributed by atoms with Crippen LogP contribution in [-0.2, 0) is 10.9 Å². The lowest BCUT2D eigenvalue weighted by Crippen LogP contribution is -2.44. The van der Waals surface area contributed by atoms with Crippen LogP contribution in [-0.4, -0.2) is 84.2 Å².